The Morgan fingerprint density at radius 2 is 1.23 bits per heavy atom. The molecular formula is C52H71N9O16. The van der Waals surface area contributed by atoms with Gasteiger partial charge in [0, 0.05) is 83.6 Å². The second kappa shape index (κ2) is 25.5. The van der Waals surface area contributed by atoms with Crippen molar-refractivity contribution in [3.05, 3.63) is 48.0 Å². The molecule has 77 heavy (non-hydrogen) atoms. The summed E-state index contributed by atoms with van der Waals surface area (Å²) in [5.74, 6) is -12.9. The zero-order valence-corrected chi connectivity index (χ0v) is 43.0. The minimum absolute atomic E-state index is 0.0494. The highest BCUT2D eigenvalue weighted by Gasteiger charge is 2.66. The molecule has 4 saturated heterocycles. The van der Waals surface area contributed by atoms with Crippen molar-refractivity contribution in [3.63, 3.8) is 0 Å². The number of unbranched alkanes of at least 4 members (excludes halogenated alkanes) is 1. The minimum Gasteiger partial charge on any atom is -0.481 e. The Labute approximate surface area is 444 Å². The van der Waals surface area contributed by atoms with Crippen molar-refractivity contribution in [1.29, 1.82) is 0 Å². The van der Waals surface area contributed by atoms with E-state index in [-0.39, 0.29) is 90.9 Å². The van der Waals surface area contributed by atoms with Gasteiger partial charge in [-0.1, -0.05) is 49.4 Å². The molecule has 1 saturated carbocycles. The predicted octanol–water partition coefficient (Wildman–Crippen LogP) is -0.240. The molecule has 5 fully saturated rings. The summed E-state index contributed by atoms with van der Waals surface area (Å²) in [5, 5.41) is 76.7. The summed E-state index contributed by atoms with van der Waals surface area (Å²) in [5.41, 5.74) is -1.18. The van der Waals surface area contributed by atoms with Crippen LogP contribution in [0.3, 0.4) is 0 Å². The minimum atomic E-state index is -1.93. The van der Waals surface area contributed by atoms with Crippen molar-refractivity contribution in [2.24, 2.45) is 23.7 Å². The maximum atomic E-state index is 14.4. The molecule has 420 valence electrons. The van der Waals surface area contributed by atoms with Crippen molar-refractivity contribution in [1.82, 2.24) is 46.2 Å². The van der Waals surface area contributed by atoms with E-state index in [0.717, 1.165) is 16.3 Å². The van der Waals surface area contributed by atoms with Crippen molar-refractivity contribution >= 4 is 70.3 Å². The third-order valence-corrected chi connectivity index (χ3v) is 16.6. The van der Waals surface area contributed by atoms with E-state index in [9.17, 15) is 73.5 Å². The summed E-state index contributed by atoms with van der Waals surface area (Å²) >= 11 is 0. The van der Waals surface area contributed by atoms with Crippen LogP contribution in [-0.4, -0.2) is 217 Å². The average molecular weight is 1080 g/mol. The number of amides is 5. The summed E-state index contributed by atoms with van der Waals surface area (Å²) < 4.78 is 0. The van der Waals surface area contributed by atoms with E-state index in [1.54, 1.807) is 21.6 Å². The lowest BCUT2D eigenvalue weighted by Crippen LogP contribution is -2.79. The number of carboxylic acids is 6. The Morgan fingerprint density at radius 1 is 0.662 bits per heavy atom. The summed E-state index contributed by atoms with van der Waals surface area (Å²) in [6, 6.07) is 3.65. The quantitative estimate of drug-likeness (QED) is 0.0678. The van der Waals surface area contributed by atoms with Crippen molar-refractivity contribution in [2.45, 2.75) is 113 Å². The Kier molecular flexibility index (Phi) is 19.1. The zero-order valence-electron chi connectivity index (χ0n) is 43.0. The molecule has 4 aliphatic heterocycles. The van der Waals surface area contributed by atoms with Crippen LogP contribution >= 0.6 is 0 Å². The van der Waals surface area contributed by atoms with Gasteiger partial charge in [0.05, 0.1) is 12.1 Å². The molecule has 7 rings (SSSR count). The second-order valence-electron chi connectivity index (χ2n) is 21.2. The van der Waals surface area contributed by atoms with Crippen LogP contribution in [0.1, 0.15) is 70.3 Å². The molecule has 5 aliphatic rings. The normalized spacial score (nSPS) is 29.5. The molecule has 25 heteroatoms. The van der Waals surface area contributed by atoms with Gasteiger partial charge < -0.3 is 57.2 Å². The van der Waals surface area contributed by atoms with Crippen LogP contribution < -0.4 is 26.6 Å². The summed E-state index contributed by atoms with van der Waals surface area (Å²) in [4.78, 5) is 138. The number of urea groups is 1. The van der Waals surface area contributed by atoms with Crippen LogP contribution in [0.25, 0.3) is 10.8 Å². The van der Waals surface area contributed by atoms with Gasteiger partial charge in [-0.2, -0.15) is 0 Å². The first-order valence-electron chi connectivity index (χ1n) is 26.4. The van der Waals surface area contributed by atoms with Gasteiger partial charge in [-0.3, -0.25) is 53.2 Å². The molecule has 13 unspecified atom stereocenters. The van der Waals surface area contributed by atoms with E-state index in [1.807, 2.05) is 47.4 Å². The fourth-order valence-corrected chi connectivity index (χ4v) is 12.7. The highest BCUT2D eigenvalue weighted by atomic mass is 16.4. The second-order valence-corrected chi connectivity index (χ2v) is 21.2. The lowest BCUT2D eigenvalue weighted by Gasteiger charge is -2.58. The van der Waals surface area contributed by atoms with E-state index >= 15 is 0 Å². The molecule has 0 radical (unpaired) electrons. The summed E-state index contributed by atoms with van der Waals surface area (Å²) in [6.45, 7) is 3.57. The van der Waals surface area contributed by atoms with Gasteiger partial charge >= 0.3 is 41.8 Å². The van der Waals surface area contributed by atoms with Gasteiger partial charge in [0.2, 0.25) is 17.7 Å². The number of fused-ring (bicyclic) bond motifs is 7. The number of nitrogens with one attached hydrogen (secondary N) is 5. The van der Waals surface area contributed by atoms with Crippen LogP contribution in [0, 0.1) is 23.7 Å². The van der Waals surface area contributed by atoms with Crippen molar-refractivity contribution in [3.8, 4) is 0 Å². The molecule has 0 aromatic heterocycles. The van der Waals surface area contributed by atoms with E-state index < -0.39 is 138 Å². The fraction of sp³-hybridized carbons (Fsp3) is 0.615. The van der Waals surface area contributed by atoms with Crippen molar-refractivity contribution in [2.75, 3.05) is 65.4 Å². The van der Waals surface area contributed by atoms with Gasteiger partial charge in [-0.15, -0.1) is 0 Å². The molecular weight excluding hydrogens is 1010 g/mol. The molecule has 0 spiro atoms. The summed E-state index contributed by atoms with van der Waals surface area (Å²) in [7, 11) is 0. The number of aliphatic carboxylic acids is 6. The average Bonchev–Trinajstić information content (AvgIpc) is 3.58. The van der Waals surface area contributed by atoms with Crippen LogP contribution in [0.15, 0.2) is 42.5 Å². The lowest BCUT2D eigenvalue weighted by molar-refractivity contribution is -0.171. The third kappa shape index (κ3) is 13.6. The van der Waals surface area contributed by atoms with Crippen LogP contribution in [0.5, 0.6) is 0 Å². The molecule has 13 atom stereocenters. The molecule has 1 aliphatic carbocycles. The first-order valence-corrected chi connectivity index (χ1v) is 26.4. The van der Waals surface area contributed by atoms with Gasteiger partial charge in [0.1, 0.15) is 36.3 Å². The molecule has 11 N–H and O–H groups in total. The highest BCUT2D eigenvalue weighted by Crippen LogP contribution is 2.49. The van der Waals surface area contributed by atoms with E-state index in [0.29, 0.717) is 25.9 Å². The number of carbonyl (C=O) groups is 10. The zero-order chi connectivity index (χ0) is 55.7. The SMILES string of the molecule is CC(C1CCC(C(=O)NC(Cc2ccc3ccccc3c2)C(=O)NCCCCC(NC(=O)NC(CCC(=O)O)C(=O)O)C(=O)O)CC1)C12NC(=O)CN3CCN4CCN(CCN(CC3)C1C(=O)O)C(C(=O)O)C2C4C(=O)O. The van der Waals surface area contributed by atoms with Crippen LogP contribution in [0.2, 0.25) is 0 Å². The van der Waals surface area contributed by atoms with Crippen LogP contribution in [-0.2, 0) is 49.6 Å². The van der Waals surface area contributed by atoms with Crippen LogP contribution in [0.4, 0.5) is 4.79 Å². The largest absolute Gasteiger partial charge is 0.481 e. The number of rotatable bonds is 22. The fourth-order valence-electron chi connectivity index (χ4n) is 12.7. The Morgan fingerprint density at radius 3 is 1.82 bits per heavy atom. The van der Waals surface area contributed by atoms with Gasteiger partial charge in [-0.25, -0.2) is 14.4 Å². The molecule has 4 heterocycles. The van der Waals surface area contributed by atoms with E-state index in [4.69, 9.17) is 5.11 Å². The Bertz CT molecular complexity index is 2560. The van der Waals surface area contributed by atoms with E-state index in [1.165, 1.54) is 0 Å². The van der Waals surface area contributed by atoms with Gasteiger partial charge in [0.25, 0.3) is 0 Å². The molecule has 25 nitrogen and oxygen atoms in total. The topological polar surface area (TPSA) is 365 Å². The predicted molar refractivity (Wildman–Crippen MR) is 272 cm³/mol. The molecule has 6 bridgehead atoms. The molecule has 2 aromatic rings. The maximum Gasteiger partial charge on any atom is 0.326 e. The first kappa shape index (κ1) is 57.7. The number of hydrogen-bond acceptors (Lipinski definition) is 14. The summed E-state index contributed by atoms with van der Waals surface area (Å²) in [6.07, 6.45) is 0.630. The number of benzene rings is 2. The maximum absolute atomic E-state index is 14.4. The molecule has 2 aromatic carbocycles. The van der Waals surface area contributed by atoms with Gasteiger partial charge in [0.15, 0.2) is 0 Å². The Balaban J connectivity index is 1.07. The lowest BCUT2D eigenvalue weighted by atomic mass is 9.57. The molecule has 5 amide bonds. The Hall–Kier alpha value is -6.96. The highest BCUT2D eigenvalue weighted by molar-refractivity contribution is 5.90. The number of hydrogen-bond donors (Lipinski definition) is 11. The number of carboxylic acid groups (broad SMARTS) is 6. The van der Waals surface area contributed by atoms with E-state index in [2.05, 4.69) is 26.6 Å². The number of nitrogens with zero attached hydrogens (tertiary/aromatic N) is 4. The number of carbonyl (C=O) groups excluding carboxylic acids is 4. The van der Waals surface area contributed by atoms with Crippen molar-refractivity contribution < 1.29 is 78.6 Å². The monoisotopic (exact) mass is 1080 g/mol. The third-order valence-electron chi connectivity index (χ3n) is 16.6. The van der Waals surface area contributed by atoms with Gasteiger partial charge in [-0.05, 0) is 79.5 Å². The first-order chi connectivity index (χ1) is 36.7. The smallest absolute Gasteiger partial charge is 0.326 e. The standard InChI is InChI=1S/C52H71N9O16/c1-29(52-40-41(48(71)72)59-20-18-58(28-38(62)57-52)19-21-61(43(52)50(75)76)25-24-60(23-22-59)42(40)49(73)74)31-11-13-33(14-12-31)44(65)54-37(27-30-9-10-32-6-2-3-7-34(32)26-30)45(66)53-17-5-4-8-35(46(67)68)55-51(77)56-36(47(69)70)15-16-39(63)64/h2-3,6-7,9-10,26,29,31,33,35-37,40-43H,4-5,8,11-25,27-28H2,1H3,(H,53,66)(H,54,65)(H,57,62)(H,63,64)(H,67,68)(H,69,70)(H,71,72)(H,73,74)(H,75,76)(H2,55,56,77).